The average Bonchev–Trinajstić information content (AvgIpc) is 3.33. The molecule has 2 aliphatic rings. The van der Waals surface area contributed by atoms with Gasteiger partial charge in [0.05, 0.1) is 25.0 Å². The molecule has 10 heteroatoms. The Balaban J connectivity index is 1.56. The third-order valence-corrected chi connectivity index (χ3v) is 6.34. The van der Waals surface area contributed by atoms with E-state index in [1.54, 1.807) is 30.3 Å². The zero-order valence-corrected chi connectivity index (χ0v) is 20.2. The van der Waals surface area contributed by atoms with Gasteiger partial charge >= 0.3 is 0 Å². The molecule has 2 aromatic rings. The minimum atomic E-state index is -0.683. The van der Waals surface area contributed by atoms with Crippen LogP contribution in [-0.4, -0.2) is 92.0 Å². The van der Waals surface area contributed by atoms with Gasteiger partial charge in [-0.1, -0.05) is 30.3 Å². The number of benzene rings is 2. The SMILES string of the molecule is COCC(=O)N(CCN1CCOCC1)CC(=O)N1N=C(c2ccc(F)cc2)CC1c1ccccc1F. The van der Waals surface area contributed by atoms with E-state index in [4.69, 9.17) is 9.47 Å². The van der Waals surface area contributed by atoms with Gasteiger partial charge in [0, 0.05) is 45.3 Å². The van der Waals surface area contributed by atoms with Gasteiger partial charge in [0.25, 0.3) is 5.91 Å². The van der Waals surface area contributed by atoms with Crippen molar-refractivity contribution in [1.82, 2.24) is 14.8 Å². The minimum absolute atomic E-state index is 0.156. The third-order valence-electron chi connectivity index (χ3n) is 6.34. The summed E-state index contributed by atoms with van der Waals surface area (Å²) < 4.78 is 38.6. The van der Waals surface area contributed by atoms with Crippen molar-refractivity contribution in [2.75, 3.05) is 59.7 Å². The van der Waals surface area contributed by atoms with Crippen LogP contribution in [0.4, 0.5) is 8.78 Å². The molecule has 2 heterocycles. The highest BCUT2D eigenvalue weighted by Crippen LogP contribution is 2.34. The molecule has 1 saturated heterocycles. The quantitative estimate of drug-likeness (QED) is 0.529. The summed E-state index contributed by atoms with van der Waals surface area (Å²) in [4.78, 5) is 29.9. The van der Waals surface area contributed by atoms with Crippen LogP contribution in [0.15, 0.2) is 53.6 Å². The fourth-order valence-electron chi connectivity index (χ4n) is 4.37. The van der Waals surface area contributed by atoms with Crippen LogP contribution in [0.3, 0.4) is 0 Å². The molecule has 1 atom stereocenters. The van der Waals surface area contributed by atoms with E-state index in [0.29, 0.717) is 43.1 Å². The van der Waals surface area contributed by atoms with Crippen molar-refractivity contribution in [3.63, 3.8) is 0 Å². The maximum Gasteiger partial charge on any atom is 0.262 e. The highest BCUT2D eigenvalue weighted by atomic mass is 19.1. The molecule has 0 saturated carbocycles. The molecule has 0 spiro atoms. The molecule has 0 N–H and O–H groups in total. The number of rotatable bonds is 9. The van der Waals surface area contributed by atoms with Crippen LogP contribution in [0.2, 0.25) is 0 Å². The predicted octanol–water partition coefficient (Wildman–Crippen LogP) is 2.45. The molecule has 0 aliphatic carbocycles. The predicted molar refractivity (Wildman–Crippen MR) is 129 cm³/mol. The lowest BCUT2D eigenvalue weighted by atomic mass is 9.98. The first-order valence-corrected chi connectivity index (χ1v) is 11.9. The van der Waals surface area contributed by atoms with E-state index in [0.717, 1.165) is 13.1 Å². The lowest BCUT2D eigenvalue weighted by Crippen LogP contribution is -2.47. The van der Waals surface area contributed by atoms with E-state index in [-0.39, 0.29) is 31.3 Å². The smallest absolute Gasteiger partial charge is 0.262 e. The van der Waals surface area contributed by atoms with Crippen molar-refractivity contribution in [2.45, 2.75) is 12.5 Å². The molecule has 0 bridgehead atoms. The highest BCUT2D eigenvalue weighted by molar-refractivity contribution is 6.03. The molecule has 4 rings (SSSR count). The number of hydrazone groups is 1. The van der Waals surface area contributed by atoms with Crippen LogP contribution in [-0.2, 0) is 19.1 Å². The summed E-state index contributed by atoms with van der Waals surface area (Å²) in [6, 6.07) is 11.4. The van der Waals surface area contributed by atoms with Crippen molar-refractivity contribution < 1.29 is 27.8 Å². The number of nitrogens with zero attached hydrogens (tertiary/aromatic N) is 4. The fourth-order valence-corrected chi connectivity index (χ4v) is 4.37. The van der Waals surface area contributed by atoms with E-state index in [1.165, 1.54) is 35.2 Å². The molecule has 192 valence electrons. The number of ether oxygens (including phenoxy) is 2. The molecule has 0 aromatic heterocycles. The number of hydrogen-bond donors (Lipinski definition) is 0. The molecular weight excluding hydrogens is 470 g/mol. The summed E-state index contributed by atoms with van der Waals surface area (Å²) >= 11 is 0. The van der Waals surface area contributed by atoms with E-state index < -0.39 is 17.8 Å². The van der Waals surface area contributed by atoms with Crippen molar-refractivity contribution in [3.05, 3.63) is 71.3 Å². The van der Waals surface area contributed by atoms with Crippen molar-refractivity contribution in [3.8, 4) is 0 Å². The van der Waals surface area contributed by atoms with Crippen LogP contribution >= 0.6 is 0 Å². The number of hydrogen-bond acceptors (Lipinski definition) is 6. The van der Waals surface area contributed by atoms with Gasteiger partial charge < -0.3 is 14.4 Å². The zero-order chi connectivity index (χ0) is 25.5. The Bertz CT molecular complexity index is 1090. The normalized spacial score (nSPS) is 18.2. The van der Waals surface area contributed by atoms with E-state index in [1.807, 2.05) is 0 Å². The largest absolute Gasteiger partial charge is 0.379 e. The molecule has 36 heavy (non-hydrogen) atoms. The summed E-state index contributed by atoms with van der Waals surface area (Å²) in [6.07, 6.45) is 0.262. The van der Waals surface area contributed by atoms with Crippen LogP contribution in [0, 0.1) is 11.6 Å². The third kappa shape index (κ3) is 6.31. The van der Waals surface area contributed by atoms with Gasteiger partial charge in [-0.3, -0.25) is 14.5 Å². The Morgan fingerprint density at radius 1 is 1.11 bits per heavy atom. The van der Waals surface area contributed by atoms with Gasteiger partial charge in [0.1, 0.15) is 24.8 Å². The molecule has 0 radical (unpaired) electrons. The first kappa shape index (κ1) is 25.9. The Kier molecular flexibility index (Phi) is 8.74. The summed E-state index contributed by atoms with van der Waals surface area (Å²) in [5.41, 5.74) is 1.52. The van der Waals surface area contributed by atoms with E-state index in [2.05, 4.69) is 10.0 Å². The maximum atomic E-state index is 14.7. The molecule has 8 nitrogen and oxygen atoms in total. The Hall–Kier alpha value is -3.21. The van der Waals surface area contributed by atoms with Gasteiger partial charge in [-0.05, 0) is 23.8 Å². The van der Waals surface area contributed by atoms with Gasteiger partial charge in [0.2, 0.25) is 5.91 Å². The van der Waals surface area contributed by atoms with E-state index in [9.17, 15) is 18.4 Å². The van der Waals surface area contributed by atoms with Gasteiger partial charge in [0.15, 0.2) is 0 Å². The second-order valence-electron chi connectivity index (χ2n) is 8.74. The molecule has 2 amide bonds. The Labute approximate surface area is 209 Å². The average molecular weight is 501 g/mol. The summed E-state index contributed by atoms with van der Waals surface area (Å²) in [7, 11) is 1.42. The number of carbonyl (C=O) groups is 2. The Morgan fingerprint density at radius 3 is 2.53 bits per heavy atom. The number of halogens is 2. The van der Waals surface area contributed by atoms with Gasteiger partial charge in [-0.15, -0.1) is 0 Å². The minimum Gasteiger partial charge on any atom is -0.379 e. The summed E-state index contributed by atoms with van der Waals surface area (Å²) in [5.74, 6) is -1.59. The molecule has 1 fully saturated rings. The lowest BCUT2D eigenvalue weighted by Gasteiger charge is -2.31. The zero-order valence-electron chi connectivity index (χ0n) is 20.2. The van der Waals surface area contributed by atoms with Crippen LogP contribution in [0.1, 0.15) is 23.6 Å². The molecule has 1 unspecified atom stereocenters. The fraction of sp³-hybridized carbons (Fsp3) is 0.423. The molecular formula is C26H30F2N4O4. The number of methoxy groups -OCH3 is 1. The Morgan fingerprint density at radius 2 is 1.83 bits per heavy atom. The second-order valence-corrected chi connectivity index (χ2v) is 8.74. The van der Waals surface area contributed by atoms with E-state index >= 15 is 0 Å². The number of morpholine rings is 1. The molecule has 2 aromatic carbocycles. The van der Waals surface area contributed by atoms with Crippen molar-refractivity contribution >= 4 is 17.5 Å². The second kappa shape index (κ2) is 12.2. The van der Waals surface area contributed by atoms with Crippen molar-refractivity contribution in [2.24, 2.45) is 5.10 Å². The maximum absolute atomic E-state index is 14.7. The monoisotopic (exact) mass is 500 g/mol. The lowest BCUT2D eigenvalue weighted by molar-refractivity contribution is -0.144. The number of amides is 2. The highest BCUT2D eigenvalue weighted by Gasteiger charge is 2.35. The van der Waals surface area contributed by atoms with Crippen LogP contribution in [0.25, 0.3) is 0 Å². The first-order valence-electron chi connectivity index (χ1n) is 11.9. The van der Waals surface area contributed by atoms with Gasteiger partial charge in [-0.25, -0.2) is 13.8 Å². The van der Waals surface area contributed by atoms with Crippen LogP contribution < -0.4 is 0 Å². The summed E-state index contributed by atoms with van der Waals surface area (Å²) in [5, 5.41) is 5.76. The summed E-state index contributed by atoms with van der Waals surface area (Å²) in [6.45, 7) is 3.32. The first-order chi connectivity index (χ1) is 17.5. The number of carbonyl (C=O) groups excluding carboxylic acids is 2. The molecule has 2 aliphatic heterocycles. The topological polar surface area (TPSA) is 74.7 Å². The van der Waals surface area contributed by atoms with Crippen LogP contribution in [0.5, 0.6) is 0 Å². The van der Waals surface area contributed by atoms with Gasteiger partial charge in [-0.2, -0.15) is 5.10 Å². The van der Waals surface area contributed by atoms with Crippen molar-refractivity contribution in [1.29, 1.82) is 0 Å². The standard InChI is InChI=1S/C26H30F2N4O4/c1-35-18-26(34)31(11-10-30-12-14-36-15-13-30)17-25(33)32-24(21-4-2-3-5-22(21)28)16-23(29-32)19-6-8-20(27)9-7-19/h2-9,24H,10-18H2,1H3.